The number of aromatic nitrogens is 3. The second kappa shape index (κ2) is 9.53. The van der Waals surface area contributed by atoms with Gasteiger partial charge in [0.25, 0.3) is 0 Å². The number of nitrogens with zero attached hydrogens (tertiary/aromatic N) is 4. The van der Waals surface area contributed by atoms with E-state index in [0.29, 0.717) is 23.9 Å². The van der Waals surface area contributed by atoms with Crippen LogP contribution in [0.3, 0.4) is 0 Å². The van der Waals surface area contributed by atoms with Crippen molar-refractivity contribution in [2.45, 2.75) is 13.0 Å². The number of hydrogen-bond donors (Lipinski definition) is 2. The maximum absolute atomic E-state index is 11.9. The highest BCUT2D eigenvalue weighted by molar-refractivity contribution is 5.89. The van der Waals surface area contributed by atoms with Gasteiger partial charge in [-0.1, -0.05) is 48.5 Å². The minimum absolute atomic E-state index is 0.155. The fourth-order valence-electron chi connectivity index (χ4n) is 3.57. The molecule has 0 spiro atoms. The minimum atomic E-state index is -0.155. The Morgan fingerprint density at radius 2 is 1.72 bits per heavy atom. The number of hydrogen-bond acceptors (Lipinski definition) is 7. The number of para-hydroxylation sites is 1. The predicted molar refractivity (Wildman–Crippen MR) is 129 cm³/mol. The highest BCUT2D eigenvalue weighted by Gasteiger charge is 2.18. The first-order valence-corrected chi connectivity index (χ1v) is 10.5. The van der Waals surface area contributed by atoms with Crippen molar-refractivity contribution >= 4 is 28.8 Å². The smallest absolute Gasteiger partial charge is 0.157 e. The molecule has 0 aliphatic rings. The van der Waals surface area contributed by atoms with Crippen molar-refractivity contribution in [2.75, 3.05) is 31.4 Å². The number of rotatable bonds is 8. The summed E-state index contributed by atoms with van der Waals surface area (Å²) in [6, 6.07) is 20.2. The summed E-state index contributed by atoms with van der Waals surface area (Å²) in [5, 5.41) is 7.63. The molecule has 1 unspecified atom stereocenters. The van der Waals surface area contributed by atoms with Gasteiger partial charge in [-0.3, -0.25) is 9.69 Å². The Morgan fingerprint density at radius 1 is 1.00 bits per heavy atom. The fraction of sp³-hybridized carbons (Fsp3) is 0.200. The van der Waals surface area contributed by atoms with E-state index in [1.807, 2.05) is 62.3 Å². The lowest BCUT2D eigenvalue weighted by Gasteiger charge is -2.21. The maximum Gasteiger partial charge on any atom is 0.157 e. The van der Waals surface area contributed by atoms with Crippen LogP contribution in [0, 0.1) is 0 Å². The molecule has 32 heavy (non-hydrogen) atoms. The van der Waals surface area contributed by atoms with E-state index < -0.39 is 0 Å². The third kappa shape index (κ3) is 4.58. The van der Waals surface area contributed by atoms with Gasteiger partial charge >= 0.3 is 0 Å². The van der Waals surface area contributed by atoms with E-state index >= 15 is 0 Å². The first-order valence-electron chi connectivity index (χ1n) is 10.5. The van der Waals surface area contributed by atoms with Gasteiger partial charge in [-0.25, -0.2) is 15.0 Å². The van der Waals surface area contributed by atoms with Crippen molar-refractivity contribution in [3.8, 4) is 11.3 Å². The van der Waals surface area contributed by atoms with Crippen molar-refractivity contribution in [1.82, 2.24) is 19.9 Å². The normalized spacial score (nSPS) is 12.0. The Labute approximate surface area is 187 Å². The van der Waals surface area contributed by atoms with Gasteiger partial charge in [0.05, 0.1) is 29.5 Å². The molecule has 0 bridgehead atoms. The van der Waals surface area contributed by atoms with Crippen LogP contribution in [0.15, 0.2) is 67.0 Å². The molecule has 0 aliphatic carbocycles. The van der Waals surface area contributed by atoms with Crippen LogP contribution in [0.4, 0.5) is 11.6 Å². The van der Waals surface area contributed by atoms with E-state index in [2.05, 4.69) is 44.9 Å². The predicted octanol–water partition coefficient (Wildman–Crippen LogP) is 4.61. The molecule has 2 aromatic carbocycles. The average molecular weight is 427 g/mol. The molecule has 0 saturated carbocycles. The van der Waals surface area contributed by atoms with Gasteiger partial charge < -0.3 is 10.6 Å². The molecule has 1 atom stereocenters. The minimum Gasteiger partial charge on any atom is -0.363 e. The Kier molecular flexibility index (Phi) is 6.37. The number of anilines is 2. The molecule has 0 radical (unpaired) electrons. The monoisotopic (exact) mass is 426 g/mol. The van der Waals surface area contributed by atoms with E-state index in [-0.39, 0.29) is 6.04 Å². The van der Waals surface area contributed by atoms with E-state index in [0.717, 1.165) is 34.0 Å². The average Bonchev–Trinajstić information content (AvgIpc) is 2.82. The third-order valence-corrected chi connectivity index (χ3v) is 5.18. The standard InChI is InChI=1S/C25H26N6O/c1-17(29-25-21(14-32)24(26-15-27-25)28-16-31(2)3)20-13-19-11-7-8-12-22(19)30-23(20)18-9-5-4-6-10-18/h4-15,17H,16H2,1-3H3,(H2,26,27,28,29). The molecule has 2 N–H and O–H groups in total. The van der Waals surface area contributed by atoms with Gasteiger partial charge in [-0.15, -0.1) is 0 Å². The van der Waals surface area contributed by atoms with Crippen LogP contribution in [0.1, 0.15) is 28.9 Å². The topological polar surface area (TPSA) is 83.0 Å². The summed E-state index contributed by atoms with van der Waals surface area (Å²) in [5.41, 5.74) is 4.29. The van der Waals surface area contributed by atoms with Gasteiger partial charge in [0, 0.05) is 16.5 Å². The molecule has 7 heteroatoms. The van der Waals surface area contributed by atoms with Crippen molar-refractivity contribution in [3.05, 3.63) is 78.1 Å². The Morgan fingerprint density at radius 3 is 2.47 bits per heavy atom. The van der Waals surface area contributed by atoms with Crippen LogP contribution in [0.25, 0.3) is 22.2 Å². The fourth-order valence-corrected chi connectivity index (χ4v) is 3.57. The second-order valence-corrected chi connectivity index (χ2v) is 7.87. The number of fused-ring (bicyclic) bond motifs is 1. The van der Waals surface area contributed by atoms with Gasteiger partial charge in [-0.2, -0.15) is 0 Å². The summed E-state index contributed by atoms with van der Waals surface area (Å²) in [5.74, 6) is 0.981. The van der Waals surface area contributed by atoms with Crippen LogP contribution >= 0.6 is 0 Å². The highest BCUT2D eigenvalue weighted by Crippen LogP contribution is 2.32. The summed E-state index contributed by atoms with van der Waals surface area (Å²) in [6.07, 6.45) is 2.24. The van der Waals surface area contributed by atoms with Crippen molar-refractivity contribution in [3.63, 3.8) is 0 Å². The zero-order valence-corrected chi connectivity index (χ0v) is 18.4. The molecule has 2 heterocycles. The molecule has 162 valence electrons. The molecule has 0 fully saturated rings. The van der Waals surface area contributed by atoms with Gasteiger partial charge in [-0.05, 0) is 33.2 Å². The molecule has 4 aromatic rings. The van der Waals surface area contributed by atoms with Gasteiger partial charge in [0.15, 0.2) is 6.29 Å². The lowest BCUT2D eigenvalue weighted by molar-refractivity contribution is 0.112. The quantitative estimate of drug-likeness (QED) is 0.314. The van der Waals surface area contributed by atoms with Crippen LogP contribution < -0.4 is 10.6 Å². The molecule has 7 nitrogen and oxygen atoms in total. The van der Waals surface area contributed by atoms with Crippen LogP contribution in [0.2, 0.25) is 0 Å². The summed E-state index contributed by atoms with van der Waals surface area (Å²) in [7, 11) is 3.88. The number of pyridine rings is 1. The second-order valence-electron chi connectivity index (χ2n) is 7.87. The maximum atomic E-state index is 11.9. The van der Waals surface area contributed by atoms with Crippen LogP contribution in [0.5, 0.6) is 0 Å². The molecule has 0 aliphatic heterocycles. The molecule has 0 saturated heterocycles. The summed E-state index contributed by atoms with van der Waals surface area (Å²) < 4.78 is 0. The van der Waals surface area contributed by atoms with Crippen molar-refractivity contribution < 1.29 is 4.79 Å². The largest absolute Gasteiger partial charge is 0.363 e. The lowest BCUT2D eigenvalue weighted by atomic mass is 9.98. The zero-order chi connectivity index (χ0) is 22.5. The first kappa shape index (κ1) is 21.4. The highest BCUT2D eigenvalue weighted by atomic mass is 16.1. The Hall–Kier alpha value is -3.84. The molecule has 2 aromatic heterocycles. The lowest BCUT2D eigenvalue weighted by Crippen LogP contribution is -2.22. The summed E-state index contributed by atoms with van der Waals surface area (Å²) in [4.78, 5) is 27.4. The van der Waals surface area contributed by atoms with Gasteiger partial charge in [0.2, 0.25) is 0 Å². The molecular formula is C25H26N6O. The zero-order valence-electron chi connectivity index (χ0n) is 18.4. The van der Waals surface area contributed by atoms with E-state index in [4.69, 9.17) is 4.98 Å². The third-order valence-electron chi connectivity index (χ3n) is 5.18. The molecule has 0 amide bonds. The van der Waals surface area contributed by atoms with E-state index in [1.165, 1.54) is 6.33 Å². The molecular weight excluding hydrogens is 400 g/mol. The number of carbonyl (C=O) groups excluding carboxylic acids is 1. The van der Waals surface area contributed by atoms with Crippen LogP contribution in [-0.2, 0) is 0 Å². The Balaban J connectivity index is 1.74. The Bertz CT molecular complexity index is 1230. The SMILES string of the molecule is CC(Nc1ncnc(NCN(C)C)c1C=O)c1cc2ccccc2nc1-c1ccccc1. The first-order chi connectivity index (χ1) is 15.6. The van der Waals surface area contributed by atoms with E-state index in [9.17, 15) is 4.79 Å². The van der Waals surface area contributed by atoms with E-state index in [1.54, 1.807) is 0 Å². The van der Waals surface area contributed by atoms with Crippen molar-refractivity contribution in [2.24, 2.45) is 0 Å². The molecule has 4 rings (SSSR count). The number of carbonyl (C=O) groups is 1. The number of aldehydes is 1. The van der Waals surface area contributed by atoms with Crippen molar-refractivity contribution in [1.29, 1.82) is 0 Å². The number of benzene rings is 2. The summed E-state index contributed by atoms with van der Waals surface area (Å²) >= 11 is 0. The number of nitrogens with one attached hydrogen (secondary N) is 2. The van der Waals surface area contributed by atoms with Crippen LogP contribution in [-0.4, -0.2) is 46.9 Å². The summed E-state index contributed by atoms with van der Waals surface area (Å²) in [6.45, 7) is 2.60. The van der Waals surface area contributed by atoms with Gasteiger partial charge in [0.1, 0.15) is 18.0 Å².